The molecule has 0 N–H and O–H groups in total. The van der Waals surface area contributed by atoms with Crippen LogP contribution in [0.4, 0.5) is 17.1 Å². The van der Waals surface area contributed by atoms with Crippen molar-refractivity contribution in [3.63, 3.8) is 0 Å². The molecule has 0 atom stereocenters. The molecule has 0 fully saturated rings. The number of anilines is 3. The molecule has 43 heavy (non-hydrogen) atoms. The summed E-state index contributed by atoms with van der Waals surface area (Å²) in [6, 6.07) is 43.7. The number of nitrogens with zero attached hydrogens (tertiary/aromatic N) is 1. The fraction of sp³-hybridized carbons (Fsp3) is 0.0500. The summed E-state index contributed by atoms with van der Waals surface area (Å²) in [5.74, 6) is 1.72. The highest BCUT2D eigenvalue weighted by Gasteiger charge is 2.11. The molecule has 0 heterocycles. The van der Waals surface area contributed by atoms with Gasteiger partial charge in [-0.25, -0.2) is 0 Å². The van der Waals surface area contributed by atoms with E-state index in [0.717, 1.165) is 50.8 Å². The van der Waals surface area contributed by atoms with Crippen LogP contribution in [0.1, 0.15) is 22.3 Å². The summed E-state index contributed by atoms with van der Waals surface area (Å²) in [6.45, 7) is 0. The fourth-order valence-electron chi connectivity index (χ4n) is 4.59. The van der Waals surface area contributed by atoms with Crippen LogP contribution in [0.15, 0.2) is 152 Å². The minimum Gasteiger partial charge on any atom is -0.497 e. The fourth-order valence-corrected chi connectivity index (χ4v) is 4.59. The van der Waals surface area contributed by atoms with E-state index in [-0.39, 0.29) is 0 Å². The maximum atomic E-state index is 5.23. The van der Waals surface area contributed by atoms with Crippen molar-refractivity contribution >= 4 is 41.4 Å². The summed E-state index contributed by atoms with van der Waals surface area (Å²) in [5.41, 5.74) is 7.85. The third kappa shape index (κ3) is 8.25. The van der Waals surface area contributed by atoms with Crippen molar-refractivity contribution in [2.75, 3.05) is 19.1 Å². The van der Waals surface area contributed by atoms with E-state index in [1.807, 2.05) is 54.6 Å². The number of allylic oxidation sites excluding steroid dienone is 4. The van der Waals surface area contributed by atoms with Gasteiger partial charge in [-0.1, -0.05) is 115 Å². The molecular formula is C40H35NO2. The number of hydrogen-bond acceptors (Lipinski definition) is 3. The van der Waals surface area contributed by atoms with Gasteiger partial charge in [0.15, 0.2) is 0 Å². The third-order valence-corrected chi connectivity index (χ3v) is 6.93. The summed E-state index contributed by atoms with van der Waals surface area (Å²) >= 11 is 0. The first kappa shape index (κ1) is 29.0. The molecule has 0 aliphatic heterocycles. The Balaban J connectivity index is 1.27. The Bertz CT molecular complexity index is 1570. The van der Waals surface area contributed by atoms with Crippen LogP contribution in [0.5, 0.6) is 11.5 Å². The van der Waals surface area contributed by atoms with Crippen molar-refractivity contribution < 1.29 is 9.47 Å². The highest BCUT2D eigenvalue weighted by atomic mass is 16.5. The quantitative estimate of drug-likeness (QED) is 0.150. The summed E-state index contributed by atoms with van der Waals surface area (Å²) in [4.78, 5) is 2.27. The predicted octanol–water partition coefficient (Wildman–Crippen LogP) is 10.6. The van der Waals surface area contributed by atoms with Crippen molar-refractivity contribution in [3.8, 4) is 11.5 Å². The van der Waals surface area contributed by atoms with E-state index in [9.17, 15) is 0 Å². The lowest BCUT2D eigenvalue weighted by molar-refractivity contribution is 0.414. The van der Waals surface area contributed by atoms with E-state index >= 15 is 0 Å². The van der Waals surface area contributed by atoms with Gasteiger partial charge in [0.05, 0.1) is 14.2 Å². The maximum Gasteiger partial charge on any atom is 0.118 e. The standard InChI is InChI=1S/C40H35NO2/c1-42-39-28-20-34(21-29-39)12-8-6-10-32-16-24-37(25-17-32)41(36-14-4-3-5-15-36)38-26-18-33(19-27-38)11-7-9-13-35-22-30-40(43-2)31-23-35/h3-31H,1-2H3. The lowest BCUT2D eigenvalue weighted by atomic mass is 10.1. The highest BCUT2D eigenvalue weighted by molar-refractivity contribution is 5.77. The van der Waals surface area contributed by atoms with Gasteiger partial charge in [0.1, 0.15) is 11.5 Å². The Hall–Kier alpha value is -5.54. The molecule has 5 rings (SSSR count). The average Bonchev–Trinajstić information content (AvgIpc) is 3.07. The van der Waals surface area contributed by atoms with Crippen LogP contribution < -0.4 is 14.4 Å². The van der Waals surface area contributed by atoms with Crippen molar-refractivity contribution in [3.05, 3.63) is 174 Å². The van der Waals surface area contributed by atoms with Crippen molar-refractivity contribution in [1.82, 2.24) is 0 Å². The van der Waals surface area contributed by atoms with Crippen LogP contribution in [0.25, 0.3) is 24.3 Å². The molecule has 0 radical (unpaired) electrons. The number of hydrogen-bond donors (Lipinski definition) is 0. The first-order valence-corrected chi connectivity index (χ1v) is 14.2. The van der Waals surface area contributed by atoms with Gasteiger partial charge in [-0.3, -0.25) is 0 Å². The van der Waals surface area contributed by atoms with Crippen LogP contribution in [-0.4, -0.2) is 14.2 Å². The van der Waals surface area contributed by atoms with E-state index in [1.54, 1.807) is 14.2 Å². The van der Waals surface area contributed by atoms with Crippen LogP contribution in [0.2, 0.25) is 0 Å². The maximum absolute atomic E-state index is 5.23. The first-order valence-electron chi connectivity index (χ1n) is 14.2. The predicted molar refractivity (Wildman–Crippen MR) is 183 cm³/mol. The minimum atomic E-state index is 0.860. The molecule has 0 spiro atoms. The zero-order chi connectivity index (χ0) is 29.7. The van der Waals surface area contributed by atoms with E-state index < -0.39 is 0 Å². The summed E-state index contributed by atoms with van der Waals surface area (Å²) < 4.78 is 10.5. The average molecular weight is 562 g/mol. The van der Waals surface area contributed by atoms with Gasteiger partial charge < -0.3 is 14.4 Å². The Labute approximate surface area is 255 Å². The molecule has 0 bridgehead atoms. The number of para-hydroxylation sites is 1. The SMILES string of the molecule is COc1ccc(C=CC=Cc2ccc(N(c3ccccc3)c3ccc(C=CC=Cc4ccc(OC)cc4)cc3)cc2)cc1. The Kier molecular flexibility index (Phi) is 10.0. The van der Waals surface area contributed by atoms with Gasteiger partial charge >= 0.3 is 0 Å². The molecule has 0 aliphatic rings. The zero-order valence-corrected chi connectivity index (χ0v) is 24.5. The molecule has 3 heteroatoms. The number of rotatable bonds is 11. The van der Waals surface area contributed by atoms with E-state index in [4.69, 9.17) is 9.47 Å². The summed E-state index contributed by atoms with van der Waals surface area (Å²) in [6.07, 6.45) is 16.6. The molecule has 0 aliphatic carbocycles. The summed E-state index contributed by atoms with van der Waals surface area (Å²) in [7, 11) is 3.36. The number of benzene rings is 5. The Morgan fingerprint density at radius 3 is 1.00 bits per heavy atom. The molecule has 0 unspecified atom stereocenters. The van der Waals surface area contributed by atoms with Crippen LogP contribution in [-0.2, 0) is 0 Å². The van der Waals surface area contributed by atoms with E-state index in [1.165, 1.54) is 0 Å². The largest absolute Gasteiger partial charge is 0.497 e. The second-order valence-corrected chi connectivity index (χ2v) is 9.84. The van der Waals surface area contributed by atoms with Gasteiger partial charge in [-0.15, -0.1) is 0 Å². The number of methoxy groups -OCH3 is 2. The van der Waals surface area contributed by atoms with Crippen LogP contribution in [0, 0.1) is 0 Å². The lowest BCUT2D eigenvalue weighted by Gasteiger charge is -2.25. The molecule has 0 saturated heterocycles. The molecule has 0 saturated carbocycles. The topological polar surface area (TPSA) is 21.7 Å². The van der Waals surface area contributed by atoms with Gasteiger partial charge in [-0.2, -0.15) is 0 Å². The highest BCUT2D eigenvalue weighted by Crippen LogP contribution is 2.34. The second kappa shape index (κ2) is 14.9. The van der Waals surface area contributed by atoms with Gasteiger partial charge in [0.25, 0.3) is 0 Å². The molecular weight excluding hydrogens is 526 g/mol. The third-order valence-electron chi connectivity index (χ3n) is 6.93. The van der Waals surface area contributed by atoms with Gasteiger partial charge in [0, 0.05) is 17.1 Å². The zero-order valence-electron chi connectivity index (χ0n) is 24.5. The number of ether oxygens (including phenoxy) is 2. The lowest BCUT2D eigenvalue weighted by Crippen LogP contribution is -2.09. The van der Waals surface area contributed by atoms with Gasteiger partial charge in [0.2, 0.25) is 0 Å². The molecule has 3 nitrogen and oxygen atoms in total. The Morgan fingerprint density at radius 1 is 0.372 bits per heavy atom. The van der Waals surface area contributed by atoms with Crippen LogP contribution >= 0.6 is 0 Å². The van der Waals surface area contributed by atoms with Crippen molar-refractivity contribution in [2.24, 2.45) is 0 Å². The normalized spacial score (nSPS) is 11.6. The minimum absolute atomic E-state index is 0.860. The molecule has 0 aromatic heterocycles. The van der Waals surface area contributed by atoms with Crippen molar-refractivity contribution in [1.29, 1.82) is 0 Å². The molecule has 212 valence electrons. The molecule has 5 aromatic rings. The smallest absolute Gasteiger partial charge is 0.118 e. The monoisotopic (exact) mass is 561 g/mol. The van der Waals surface area contributed by atoms with E-state index in [2.05, 4.69) is 126 Å². The molecule has 5 aromatic carbocycles. The van der Waals surface area contributed by atoms with Crippen LogP contribution in [0.3, 0.4) is 0 Å². The molecule has 0 amide bonds. The van der Waals surface area contributed by atoms with Crippen molar-refractivity contribution in [2.45, 2.75) is 0 Å². The van der Waals surface area contributed by atoms with Gasteiger partial charge in [-0.05, 0) is 82.9 Å². The van der Waals surface area contributed by atoms with E-state index in [0.29, 0.717) is 0 Å². The summed E-state index contributed by atoms with van der Waals surface area (Å²) in [5, 5.41) is 0. The second-order valence-electron chi connectivity index (χ2n) is 9.84. The first-order chi connectivity index (χ1) is 21.2. The Morgan fingerprint density at radius 2 is 0.674 bits per heavy atom.